The van der Waals surface area contributed by atoms with Crippen molar-refractivity contribution in [2.45, 2.75) is 38.3 Å². The van der Waals surface area contributed by atoms with Crippen molar-refractivity contribution in [1.29, 1.82) is 0 Å². The molecule has 0 heterocycles. The minimum Gasteiger partial charge on any atom is -0.452 e. The lowest BCUT2D eigenvalue weighted by molar-refractivity contribution is -0.170. The van der Waals surface area contributed by atoms with Crippen LogP contribution in [0.1, 0.15) is 13.8 Å². The monoisotopic (exact) mass is 236 g/mol. The molecule has 0 bridgehead atoms. The number of aliphatic hydroxyl groups excluding tert-OH is 4. The van der Waals surface area contributed by atoms with Crippen LogP contribution in [0.25, 0.3) is 0 Å². The Morgan fingerprint density at radius 2 is 1.62 bits per heavy atom. The van der Waals surface area contributed by atoms with Gasteiger partial charge >= 0.3 is 5.97 Å². The van der Waals surface area contributed by atoms with E-state index in [-0.39, 0.29) is 0 Å². The predicted octanol–water partition coefficient (Wildman–Crippen LogP) is -2.42. The summed E-state index contributed by atoms with van der Waals surface area (Å²) in [6.45, 7) is 1.31. The number of rotatable bonds is 6. The zero-order valence-electron chi connectivity index (χ0n) is 9.03. The molecular formula is C9H16O7. The van der Waals surface area contributed by atoms with Gasteiger partial charge in [-0.1, -0.05) is 0 Å². The third-order valence-electron chi connectivity index (χ3n) is 1.93. The van der Waals surface area contributed by atoms with Gasteiger partial charge in [-0.05, 0) is 6.92 Å². The molecule has 4 N–H and O–H groups in total. The molecule has 7 heteroatoms. The molecule has 0 aromatic carbocycles. The number of ether oxygens (including phenoxy) is 1. The van der Waals surface area contributed by atoms with E-state index in [2.05, 4.69) is 4.74 Å². The molecule has 4 atom stereocenters. The summed E-state index contributed by atoms with van der Waals surface area (Å²) in [7, 11) is 0. The summed E-state index contributed by atoms with van der Waals surface area (Å²) in [6.07, 6.45) is -6.75. The van der Waals surface area contributed by atoms with Crippen molar-refractivity contribution in [1.82, 2.24) is 0 Å². The Morgan fingerprint density at radius 3 is 1.94 bits per heavy atom. The molecule has 0 fully saturated rings. The number of Topliss-reactive ketones (excluding diaryl/α,β-unsaturated/α-hetero) is 1. The van der Waals surface area contributed by atoms with Gasteiger partial charge in [0.25, 0.3) is 0 Å². The molecule has 7 nitrogen and oxygen atoms in total. The van der Waals surface area contributed by atoms with Gasteiger partial charge in [-0.2, -0.15) is 0 Å². The van der Waals surface area contributed by atoms with Crippen molar-refractivity contribution < 1.29 is 34.8 Å². The third-order valence-corrected chi connectivity index (χ3v) is 1.93. The maximum absolute atomic E-state index is 11.0. The van der Waals surface area contributed by atoms with Gasteiger partial charge in [0.15, 0.2) is 11.9 Å². The molecule has 0 saturated carbocycles. The molecule has 0 rings (SSSR count). The second kappa shape index (κ2) is 6.54. The molecule has 0 aromatic rings. The van der Waals surface area contributed by atoms with Crippen molar-refractivity contribution in [2.24, 2.45) is 0 Å². The summed E-state index contributed by atoms with van der Waals surface area (Å²) in [4.78, 5) is 21.7. The van der Waals surface area contributed by atoms with Crippen LogP contribution in [0.15, 0.2) is 0 Å². The van der Waals surface area contributed by atoms with Gasteiger partial charge in [0.2, 0.25) is 0 Å². The van der Waals surface area contributed by atoms with Crippen LogP contribution in [0.5, 0.6) is 0 Å². The van der Waals surface area contributed by atoms with Gasteiger partial charge in [0.1, 0.15) is 18.3 Å². The lowest BCUT2D eigenvalue weighted by Crippen LogP contribution is -2.49. The quantitative estimate of drug-likeness (QED) is 0.378. The van der Waals surface area contributed by atoms with E-state index in [0.29, 0.717) is 0 Å². The molecule has 0 spiro atoms. The zero-order valence-corrected chi connectivity index (χ0v) is 9.03. The van der Waals surface area contributed by atoms with Crippen molar-refractivity contribution in [2.75, 3.05) is 6.61 Å². The van der Waals surface area contributed by atoms with Crippen LogP contribution in [0.2, 0.25) is 0 Å². The molecule has 0 aromatic heterocycles. The Balaban J connectivity index is 4.66. The first-order valence-corrected chi connectivity index (χ1v) is 4.64. The number of ketones is 1. The summed E-state index contributed by atoms with van der Waals surface area (Å²) in [5.74, 6) is -1.48. The first-order chi connectivity index (χ1) is 7.31. The summed E-state index contributed by atoms with van der Waals surface area (Å²) < 4.78 is 4.50. The summed E-state index contributed by atoms with van der Waals surface area (Å²) in [5.41, 5.74) is 0. The molecule has 0 unspecified atom stereocenters. The van der Waals surface area contributed by atoms with Gasteiger partial charge in [-0.15, -0.1) is 0 Å². The molecule has 0 aliphatic rings. The van der Waals surface area contributed by atoms with E-state index in [1.807, 2.05) is 0 Å². The number of carbonyl (C=O) groups is 2. The average molecular weight is 236 g/mol. The second-order valence-corrected chi connectivity index (χ2v) is 3.37. The second-order valence-electron chi connectivity index (χ2n) is 3.37. The molecule has 94 valence electrons. The Hall–Kier alpha value is -1.02. The first kappa shape index (κ1) is 15.0. The molecule has 0 aliphatic carbocycles. The molecule has 0 saturated heterocycles. The van der Waals surface area contributed by atoms with Gasteiger partial charge in [-0.25, -0.2) is 0 Å². The SMILES string of the molecule is CC(=O)O[C@H](C(C)=O)[C@@H](O)[C@H](O)[C@H](O)CO. The summed E-state index contributed by atoms with van der Waals surface area (Å²) >= 11 is 0. The average Bonchev–Trinajstić information content (AvgIpc) is 2.22. The highest BCUT2D eigenvalue weighted by Crippen LogP contribution is 2.09. The molecule has 0 radical (unpaired) electrons. The van der Waals surface area contributed by atoms with E-state index in [1.54, 1.807) is 0 Å². The molecular weight excluding hydrogens is 220 g/mol. The number of hydrogen-bond donors (Lipinski definition) is 4. The van der Waals surface area contributed by atoms with Crippen LogP contribution in [-0.2, 0) is 14.3 Å². The number of hydrogen-bond acceptors (Lipinski definition) is 7. The Morgan fingerprint density at radius 1 is 1.12 bits per heavy atom. The van der Waals surface area contributed by atoms with Gasteiger partial charge in [0, 0.05) is 6.92 Å². The fourth-order valence-electron chi connectivity index (χ4n) is 1.09. The highest BCUT2D eigenvalue weighted by Gasteiger charge is 2.35. The lowest BCUT2D eigenvalue weighted by atomic mass is 10.0. The van der Waals surface area contributed by atoms with Crippen LogP contribution in [0, 0.1) is 0 Å². The predicted molar refractivity (Wildman–Crippen MR) is 51.3 cm³/mol. The van der Waals surface area contributed by atoms with E-state index in [1.165, 1.54) is 0 Å². The van der Waals surface area contributed by atoms with E-state index >= 15 is 0 Å². The number of esters is 1. The van der Waals surface area contributed by atoms with Gasteiger partial charge in [-0.3, -0.25) is 9.59 Å². The van der Waals surface area contributed by atoms with Crippen LogP contribution in [0.3, 0.4) is 0 Å². The Labute approximate surface area is 92.3 Å². The standard InChI is InChI=1S/C9H16O7/c1-4(11)9(16-5(2)12)8(15)7(14)6(13)3-10/h6-10,13-15H,3H2,1-2H3/t6-,7-,8+,9-/m1/s1. The maximum Gasteiger partial charge on any atom is 0.303 e. The van der Waals surface area contributed by atoms with E-state index in [4.69, 9.17) is 10.2 Å². The molecule has 16 heavy (non-hydrogen) atoms. The number of carbonyl (C=O) groups excluding carboxylic acids is 2. The van der Waals surface area contributed by atoms with Crippen LogP contribution >= 0.6 is 0 Å². The minimum absolute atomic E-state index is 0.674. The van der Waals surface area contributed by atoms with Gasteiger partial charge in [0.05, 0.1) is 6.61 Å². The number of aliphatic hydroxyl groups is 4. The normalized spacial score (nSPS) is 18.4. The highest BCUT2D eigenvalue weighted by atomic mass is 16.6. The largest absolute Gasteiger partial charge is 0.452 e. The third kappa shape index (κ3) is 4.23. The highest BCUT2D eigenvalue weighted by molar-refractivity contribution is 5.83. The van der Waals surface area contributed by atoms with E-state index < -0.39 is 42.8 Å². The van der Waals surface area contributed by atoms with E-state index in [9.17, 15) is 19.8 Å². The van der Waals surface area contributed by atoms with Crippen LogP contribution in [0.4, 0.5) is 0 Å². The van der Waals surface area contributed by atoms with Crippen LogP contribution in [-0.4, -0.2) is 63.2 Å². The van der Waals surface area contributed by atoms with Crippen molar-refractivity contribution in [3.8, 4) is 0 Å². The molecule has 0 aliphatic heterocycles. The lowest BCUT2D eigenvalue weighted by Gasteiger charge is -2.26. The molecule has 0 amide bonds. The Kier molecular flexibility index (Phi) is 6.12. The van der Waals surface area contributed by atoms with Crippen molar-refractivity contribution in [3.05, 3.63) is 0 Å². The van der Waals surface area contributed by atoms with Gasteiger partial charge < -0.3 is 25.2 Å². The summed E-state index contributed by atoms with van der Waals surface area (Å²) in [6, 6.07) is 0. The van der Waals surface area contributed by atoms with Crippen molar-refractivity contribution >= 4 is 11.8 Å². The topological polar surface area (TPSA) is 124 Å². The fraction of sp³-hybridized carbons (Fsp3) is 0.778. The van der Waals surface area contributed by atoms with Crippen LogP contribution < -0.4 is 0 Å². The fourth-order valence-corrected chi connectivity index (χ4v) is 1.09. The first-order valence-electron chi connectivity index (χ1n) is 4.64. The van der Waals surface area contributed by atoms with E-state index in [0.717, 1.165) is 13.8 Å². The minimum atomic E-state index is -1.79. The maximum atomic E-state index is 11.0. The smallest absolute Gasteiger partial charge is 0.303 e. The summed E-state index contributed by atoms with van der Waals surface area (Å²) in [5, 5.41) is 36.4. The van der Waals surface area contributed by atoms with Crippen molar-refractivity contribution in [3.63, 3.8) is 0 Å². The zero-order chi connectivity index (χ0) is 12.9. The Bertz CT molecular complexity index is 252.